The monoisotopic (exact) mass is 331 g/mol. The lowest BCUT2D eigenvalue weighted by Gasteiger charge is -2.12. The fourth-order valence-electron chi connectivity index (χ4n) is 0.986. The van der Waals surface area contributed by atoms with E-state index in [9.17, 15) is 13.2 Å². The highest BCUT2D eigenvalue weighted by atomic mass is 79.9. The van der Waals surface area contributed by atoms with Gasteiger partial charge in [0.15, 0.2) is 0 Å². The Morgan fingerprint density at radius 2 is 1.86 bits per heavy atom. The predicted molar refractivity (Wildman–Crippen MR) is 56.2 cm³/mol. The molecule has 0 fully saturated rings. The lowest BCUT2D eigenvalue weighted by Crippen LogP contribution is -2.10. The van der Waals surface area contributed by atoms with Crippen LogP contribution in [0.15, 0.2) is 16.6 Å². The number of benzene rings is 1. The third kappa shape index (κ3) is 2.42. The first kappa shape index (κ1) is 11.8. The molecule has 0 amide bonds. The van der Waals surface area contributed by atoms with Crippen LogP contribution in [0.25, 0.3) is 0 Å². The topological polar surface area (TPSA) is 26.0 Å². The van der Waals surface area contributed by atoms with Gasteiger partial charge in [0.1, 0.15) is 0 Å². The van der Waals surface area contributed by atoms with E-state index in [1.54, 1.807) is 6.07 Å². The standard InChI is InChI=1S/C8H6Br2F3N/c9-3-4-1-5(8(11,12)13)7(14)6(10)2-4/h1-2H,3,14H2. The summed E-state index contributed by atoms with van der Waals surface area (Å²) < 4.78 is 37.6. The molecule has 2 N–H and O–H groups in total. The molecule has 14 heavy (non-hydrogen) atoms. The number of halogens is 5. The van der Waals surface area contributed by atoms with Crippen molar-refractivity contribution in [1.82, 2.24) is 0 Å². The molecule has 1 aromatic carbocycles. The summed E-state index contributed by atoms with van der Waals surface area (Å²) in [5, 5.41) is 0.356. The van der Waals surface area contributed by atoms with Crippen molar-refractivity contribution < 1.29 is 13.2 Å². The first-order valence-corrected chi connectivity index (χ1v) is 5.48. The number of nitrogen functional groups attached to an aromatic ring is 1. The first-order chi connectivity index (χ1) is 6.36. The van der Waals surface area contributed by atoms with Crippen molar-refractivity contribution in [2.24, 2.45) is 0 Å². The minimum atomic E-state index is -4.41. The van der Waals surface area contributed by atoms with E-state index < -0.39 is 11.7 Å². The lowest BCUT2D eigenvalue weighted by atomic mass is 10.1. The Labute approximate surface area is 95.7 Å². The molecule has 6 heteroatoms. The molecule has 1 rings (SSSR count). The van der Waals surface area contributed by atoms with Crippen LogP contribution in [0, 0.1) is 0 Å². The van der Waals surface area contributed by atoms with Crippen LogP contribution in [0.2, 0.25) is 0 Å². The summed E-state index contributed by atoms with van der Waals surface area (Å²) >= 11 is 6.07. The summed E-state index contributed by atoms with van der Waals surface area (Å²) in [6, 6.07) is 2.59. The number of hydrogen-bond donors (Lipinski definition) is 1. The fourth-order valence-corrected chi connectivity index (χ4v) is 1.82. The number of hydrogen-bond acceptors (Lipinski definition) is 1. The van der Waals surface area contributed by atoms with Crippen molar-refractivity contribution in [2.45, 2.75) is 11.5 Å². The van der Waals surface area contributed by atoms with Gasteiger partial charge in [-0.1, -0.05) is 15.9 Å². The Balaban J connectivity index is 3.35. The van der Waals surface area contributed by atoms with Crippen molar-refractivity contribution in [3.63, 3.8) is 0 Å². The van der Waals surface area contributed by atoms with E-state index in [0.717, 1.165) is 6.07 Å². The normalized spacial score (nSPS) is 11.8. The lowest BCUT2D eigenvalue weighted by molar-refractivity contribution is -0.137. The average molecular weight is 333 g/mol. The van der Waals surface area contributed by atoms with Gasteiger partial charge in [-0.25, -0.2) is 0 Å². The van der Waals surface area contributed by atoms with Crippen molar-refractivity contribution in [3.05, 3.63) is 27.7 Å². The number of nitrogens with two attached hydrogens (primary N) is 1. The van der Waals surface area contributed by atoms with Gasteiger partial charge in [0.05, 0.1) is 11.3 Å². The number of anilines is 1. The molecule has 0 saturated carbocycles. The molecule has 78 valence electrons. The van der Waals surface area contributed by atoms with Crippen LogP contribution in [0.4, 0.5) is 18.9 Å². The summed E-state index contributed by atoms with van der Waals surface area (Å²) in [7, 11) is 0. The highest BCUT2D eigenvalue weighted by molar-refractivity contribution is 9.10. The van der Waals surface area contributed by atoms with Crippen LogP contribution in [0.5, 0.6) is 0 Å². The van der Waals surface area contributed by atoms with Crippen molar-refractivity contribution in [3.8, 4) is 0 Å². The molecule has 1 aromatic rings. The Morgan fingerprint density at radius 3 is 2.29 bits per heavy atom. The van der Waals surface area contributed by atoms with Gasteiger partial charge in [-0.15, -0.1) is 0 Å². The zero-order valence-corrected chi connectivity index (χ0v) is 10.0. The fraction of sp³-hybridized carbons (Fsp3) is 0.250. The summed E-state index contributed by atoms with van der Waals surface area (Å²) in [6.45, 7) is 0. The molecular weight excluding hydrogens is 327 g/mol. The van der Waals surface area contributed by atoms with E-state index in [4.69, 9.17) is 5.73 Å². The van der Waals surface area contributed by atoms with E-state index >= 15 is 0 Å². The van der Waals surface area contributed by atoms with Crippen molar-refractivity contribution >= 4 is 37.5 Å². The first-order valence-electron chi connectivity index (χ1n) is 3.57. The maximum absolute atomic E-state index is 12.4. The van der Waals surface area contributed by atoms with Crippen LogP contribution in [0.3, 0.4) is 0 Å². The Hall–Kier alpha value is -0.230. The van der Waals surface area contributed by atoms with Crippen LogP contribution in [-0.4, -0.2) is 0 Å². The predicted octanol–water partition coefficient (Wildman–Crippen LogP) is 3.95. The molecule has 0 bridgehead atoms. The molecule has 0 spiro atoms. The zero-order chi connectivity index (χ0) is 10.9. The minimum absolute atomic E-state index is 0.266. The minimum Gasteiger partial charge on any atom is -0.397 e. The molecule has 1 nitrogen and oxygen atoms in total. The highest BCUT2D eigenvalue weighted by Crippen LogP contribution is 2.38. The van der Waals surface area contributed by atoms with Gasteiger partial charge in [-0.3, -0.25) is 0 Å². The average Bonchev–Trinajstić information content (AvgIpc) is 2.07. The number of rotatable bonds is 1. The maximum atomic E-state index is 12.4. The molecule has 0 aliphatic carbocycles. The molecule has 0 heterocycles. The van der Waals surface area contributed by atoms with Gasteiger partial charge >= 0.3 is 6.18 Å². The summed E-state index contributed by atoms with van der Waals surface area (Å²) in [4.78, 5) is 0. The molecule has 0 atom stereocenters. The molecular formula is C8H6Br2F3N. The van der Waals surface area contributed by atoms with Crippen LogP contribution in [-0.2, 0) is 11.5 Å². The third-order valence-corrected chi connectivity index (χ3v) is 2.95. The zero-order valence-electron chi connectivity index (χ0n) is 6.83. The van der Waals surface area contributed by atoms with Crippen molar-refractivity contribution in [2.75, 3.05) is 5.73 Å². The van der Waals surface area contributed by atoms with Gasteiger partial charge in [0.25, 0.3) is 0 Å². The van der Waals surface area contributed by atoms with E-state index in [1.807, 2.05) is 0 Å². The second-order valence-corrected chi connectivity index (χ2v) is 4.09. The van der Waals surface area contributed by atoms with Crippen molar-refractivity contribution in [1.29, 1.82) is 0 Å². The van der Waals surface area contributed by atoms with E-state index in [1.165, 1.54) is 0 Å². The van der Waals surface area contributed by atoms with Gasteiger partial charge in [0, 0.05) is 9.80 Å². The molecule has 0 radical (unpaired) electrons. The molecule has 0 aromatic heterocycles. The molecule has 0 unspecified atom stereocenters. The Morgan fingerprint density at radius 1 is 1.29 bits per heavy atom. The van der Waals surface area contributed by atoms with E-state index in [2.05, 4.69) is 31.9 Å². The maximum Gasteiger partial charge on any atom is 0.418 e. The molecule has 0 saturated heterocycles. The van der Waals surface area contributed by atoms with Gasteiger partial charge in [-0.2, -0.15) is 13.2 Å². The molecule has 0 aliphatic rings. The second kappa shape index (κ2) is 4.10. The SMILES string of the molecule is Nc1c(Br)cc(CBr)cc1C(F)(F)F. The summed E-state index contributed by atoms with van der Waals surface area (Å²) in [6.07, 6.45) is -4.41. The van der Waals surface area contributed by atoms with E-state index in [0.29, 0.717) is 10.9 Å². The third-order valence-electron chi connectivity index (χ3n) is 1.65. The van der Waals surface area contributed by atoms with Crippen LogP contribution in [0.1, 0.15) is 11.1 Å². The van der Waals surface area contributed by atoms with E-state index in [-0.39, 0.29) is 10.2 Å². The Bertz CT molecular complexity index is 349. The number of alkyl halides is 4. The van der Waals surface area contributed by atoms with Gasteiger partial charge in [0.2, 0.25) is 0 Å². The van der Waals surface area contributed by atoms with Crippen LogP contribution >= 0.6 is 31.9 Å². The van der Waals surface area contributed by atoms with Gasteiger partial charge in [-0.05, 0) is 33.6 Å². The smallest absolute Gasteiger partial charge is 0.397 e. The van der Waals surface area contributed by atoms with Crippen LogP contribution < -0.4 is 5.73 Å². The highest BCUT2D eigenvalue weighted by Gasteiger charge is 2.33. The quantitative estimate of drug-likeness (QED) is 0.611. The largest absolute Gasteiger partial charge is 0.418 e. The summed E-state index contributed by atoms with van der Waals surface area (Å²) in [5.41, 5.74) is 4.76. The second-order valence-electron chi connectivity index (χ2n) is 2.67. The summed E-state index contributed by atoms with van der Waals surface area (Å²) in [5.74, 6) is 0. The Kier molecular flexibility index (Phi) is 3.47. The van der Waals surface area contributed by atoms with Gasteiger partial charge < -0.3 is 5.73 Å². The molecule has 0 aliphatic heterocycles.